The summed E-state index contributed by atoms with van der Waals surface area (Å²) in [5.74, 6) is -1.26. The second-order valence-corrected chi connectivity index (χ2v) is 8.22. The number of aliphatic imine (C=N–C) groups is 1. The molecule has 1 amide bonds. The molecule has 0 aliphatic carbocycles. The first kappa shape index (κ1) is 21.9. The summed E-state index contributed by atoms with van der Waals surface area (Å²) in [4.78, 5) is 20.9. The van der Waals surface area contributed by atoms with E-state index < -0.39 is 17.7 Å². The third-order valence-electron chi connectivity index (χ3n) is 4.48. The highest BCUT2D eigenvalue weighted by atomic mass is 32.2. The van der Waals surface area contributed by atoms with Gasteiger partial charge in [-0.2, -0.15) is 0 Å². The van der Waals surface area contributed by atoms with E-state index in [4.69, 9.17) is 4.74 Å². The Kier molecular flexibility index (Phi) is 6.84. The van der Waals surface area contributed by atoms with Gasteiger partial charge in [0.1, 0.15) is 23.9 Å². The van der Waals surface area contributed by atoms with E-state index in [1.807, 2.05) is 26.0 Å². The summed E-state index contributed by atoms with van der Waals surface area (Å²) in [5, 5.41) is 3.18. The molecule has 0 radical (unpaired) electrons. The highest BCUT2D eigenvalue weighted by molar-refractivity contribution is 8.02. The lowest BCUT2D eigenvalue weighted by molar-refractivity contribution is -0.819. The van der Waals surface area contributed by atoms with E-state index in [-0.39, 0.29) is 17.1 Å². The minimum Gasteiger partial charge on any atom is -0.398 e. The van der Waals surface area contributed by atoms with E-state index in [0.29, 0.717) is 11.4 Å². The molecule has 1 aromatic carbocycles. The number of aromatic nitrogens is 1. The molecule has 0 saturated carbocycles. The van der Waals surface area contributed by atoms with E-state index in [9.17, 15) is 13.6 Å². The number of halogens is 2. The quantitative estimate of drug-likeness (QED) is 0.646. The van der Waals surface area contributed by atoms with Gasteiger partial charge in [-0.05, 0) is 36.0 Å². The first-order valence-electron chi connectivity index (χ1n) is 9.37. The third kappa shape index (κ3) is 5.03. The number of hydrogen-bond donors (Lipinski definition) is 1. The van der Waals surface area contributed by atoms with Crippen LogP contribution in [0.4, 0.5) is 13.6 Å². The van der Waals surface area contributed by atoms with E-state index >= 15 is 0 Å². The van der Waals surface area contributed by atoms with Crippen molar-refractivity contribution in [3.8, 4) is 0 Å². The van der Waals surface area contributed by atoms with Crippen LogP contribution in [0, 0.1) is 17.6 Å². The van der Waals surface area contributed by atoms with Crippen LogP contribution >= 0.6 is 11.8 Å². The van der Waals surface area contributed by atoms with Crippen LogP contribution in [0.3, 0.4) is 0 Å². The molecule has 30 heavy (non-hydrogen) atoms. The number of nitrogens with zero attached hydrogens (tertiary/aromatic N) is 3. The van der Waals surface area contributed by atoms with Gasteiger partial charge in [-0.1, -0.05) is 13.8 Å². The molecule has 158 valence electrons. The maximum Gasteiger partial charge on any atom is 0.411 e. The van der Waals surface area contributed by atoms with Gasteiger partial charge in [0, 0.05) is 41.9 Å². The Morgan fingerprint density at radius 2 is 1.87 bits per heavy atom. The highest BCUT2D eigenvalue weighted by Crippen LogP contribution is 2.43. The fourth-order valence-electron chi connectivity index (χ4n) is 3.06. The van der Waals surface area contributed by atoms with Crippen LogP contribution in [0.1, 0.15) is 19.4 Å². The van der Waals surface area contributed by atoms with Crippen molar-refractivity contribution in [2.24, 2.45) is 10.9 Å². The molecule has 3 rings (SSSR count). The van der Waals surface area contributed by atoms with Crippen LogP contribution in [0.25, 0.3) is 0 Å². The minimum atomic E-state index is -0.656. The number of ether oxygens (including phenoxy) is 1. The number of nitrogens with one attached hydrogen (secondary N) is 1. The van der Waals surface area contributed by atoms with Gasteiger partial charge in [-0.3, -0.25) is 4.98 Å². The molecule has 2 heterocycles. The first-order chi connectivity index (χ1) is 14.3. The van der Waals surface area contributed by atoms with E-state index in [1.54, 1.807) is 18.7 Å². The molecular weight excluding hydrogens is 410 g/mol. The molecule has 6 nitrogen and oxygen atoms in total. The van der Waals surface area contributed by atoms with Crippen molar-refractivity contribution < 1.29 is 22.8 Å². The Labute approximate surface area is 178 Å². The van der Waals surface area contributed by atoms with Crippen LogP contribution < -0.4 is 5.32 Å². The summed E-state index contributed by atoms with van der Waals surface area (Å²) in [7, 11) is 1.48. The lowest BCUT2D eigenvalue weighted by Gasteiger charge is -2.31. The number of benzene rings is 1. The first-order valence-corrected chi connectivity index (χ1v) is 10.2. The summed E-state index contributed by atoms with van der Waals surface area (Å²) in [6.07, 6.45) is 4.51. The molecule has 0 fully saturated rings. The number of amides is 1. The number of quaternary nitrogens is 1. The molecular formula is C21H23F2N4O2S+. The van der Waals surface area contributed by atoms with E-state index in [2.05, 4.69) is 15.3 Å². The van der Waals surface area contributed by atoms with Crippen molar-refractivity contribution in [3.05, 3.63) is 70.6 Å². The van der Waals surface area contributed by atoms with Crippen LogP contribution in [0.5, 0.6) is 0 Å². The maximum atomic E-state index is 13.8. The van der Waals surface area contributed by atoms with Gasteiger partial charge in [0.2, 0.25) is 11.8 Å². The van der Waals surface area contributed by atoms with Gasteiger partial charge >= 0.3 is 6.09 Å². The summed E-state index contributed by atoms with van der Waals surface area (Å²) in [5.41, 5.74) is 1.73. The summed E-state index contributed by atoms with van der Waals surface area (Å²) in [6, 6.07) is 7.12. The zero-order valence-corrected chi connectivity index (χ0v) is 17.7. The predicted octanol–water partition coefficient (Wildman–Crippen LogP) is 4.65. The van der Waals surface area contributed by atoms with Gasteiger partial charge in [0.25, 0.3) is 0 Å². The molecule has 1 aliphatic heterocycles. The fourth-order valence-corrected chi connectivity index (χ4v) is 4.36. The normalized spacial score (nSPS) is 18.2. The lowest BCUT2D eigenvalue weighted by atomic mass is 10.1. The number of alkyl carbamates (subject to hydrolysis) is 1. The average molecular weight is 434 g/mol. The number of carbonyl (C=O) groups is 1. The second-order valence-electron chi connectivity index (χ2n) is 7.16. The van der Waals surface area contributed by atoms with Crippen LogP contribution in [0.2, 0.25) is 0 Å². The minimum absolute atomic E-state index is 0.0259. The van der Waals surface area contributed by atoms with E-state index in [0.717, 1.165) is 22.4 Å². The molecule has 2 aromatic rings. The molecule has 1 aliphatic rings. The lowest BCUT2D eigenvalue weighted by Crippen LogP contribution is -2.46. The van der Waals surface area contributed by atoms with Gasteiger partial charge in [0.05, 0.1) is 0 Å². The SMILES string of the molecule is CNC(=O)OC[N+]1(Cc2ccncc2)C=NC(C(C)C)=C1Sc1cc(F)cc(F)c1. The van der Waals surface area contributed by atoms with Crippen molar-refractivity contribution in [2.45, 2.75) is 25.3 Å². The molecule has 0 spiro atoms. The van der Waals surface area contributed by atoms with Crippen molar-refractivity contribution >= 4 is 24.2 Å². The Balaban J connectivity index is 2.04. The van der Waals surface area contributed by atoms with Gasteiger partial charge in [-0.25, -0.2) is 23.1 Å². The molecule has 1 unspecified atom stereocenters. The number of rotatable bonds is 7. The van der Waals surface area contributed by atoms with Crippen LogP contribution in [0.15, 0.2) is 63.3 Å². The van der Waals surface area contributed by atoms with Crippen molar-refractivity contribution in [1.82, 2.24) is 10.3 Å². The Morgan fingerprint density at radius 3 is 2.47 bits per heavy atom. The highest BCUT2D eigenvalue weighted by Gasteiger charge is 2.42. The molecule has 0 bridgehead atoms. The number of allylic oxidation sites excluding steroid dienone is 1. The zero-order chi connectivity index (χ0) is 21.7. The molecule has 0 saturated heterocycles. The van der Waals surface area contributed by atoms with Gasteiger partial charge in [0.15, 0.2) is 6.34 Å². The monoisotopic (exact) mass is 433 g/mol. The van der Waals surface area contributed by atoms with Gasteiger partial charge < -0.3 is 10.1 Å². The maximum absolute atomic E-state index is 13.8. The number of hydrogen-bond acceptors (Lipinski definition) is 5. The van der Waals surface area contributed by atoms with Crippen molar-refractivity contribution in [1.29, 1.82) is 0 Å². The second kappa shape index (κ2) is 9.36. The van der Waals surface area contributed by atoms with E-state index in [1.165, 1.54) is 30.9 Å². The zero-order valence-electron chi connectivity index (χ0n) is 16.9. The number of carbonyl (C=O) groups excluding carboxylic acids is 1. The predicted molar refractivity (Wildman–Crippen MR) is 111 cm³/mol. The topological polar surface area (TPSA) is 63.6 Å². The van der Waals surface area contributed by atoms with Crippen molar-refractivity contribution in [3.63, 3.8) is 0 Å². The largest absolute Gasteiger partial charge is 0.411 e. The Hall–Kier alpha value is -2.78. The molecule has 9 heteroatoms. The molecule has 1 N–H and O–H groups in total. The fraction of sp³-hybridized carbons (Fsp3) is 0.286. The van der Waals surface area contributed by atoms with Crippen molar-refractivity contribution in [2.75, 3.05) is 13.8 Å². The number of pyridine rings is 1. The number of thioether (sulfide) groups is 1. The Bertz CT molecular complexity index is 962. The average Bonchev–Trinajstić information content (AvgIpc) is 3.04. The Morgan fingerprint density at radius 1 is 1.20 bits per heavy atom. The third-order valence-corrected chi connectivity index (χ3v) is 5.72. The summed E-state index contributed by atoms with van der Waals surface area (Å²) in [6.45, 7) is 4.39. The van der Waals surface area contributed by atoms with Crippen LogP contribution in [-0.2, 0) is 11.3 Å². The smallest absolute Gasteiger partial charge is 0.398 e. The van der Waals surface area contributed by atoms with Gasteiger partial charge in [-0.15, -0.1) is 0 Å². The van der Waals surface area contributed by atoms with Crippen LogP contribution in [-0.4, -0.2) is 35.7 Å². The summed E-state index contributed by atoms with van der Waals surface area (Å²) >= 11 is 1.22. The standard InChI is InChI=1S/C21H22F2N4O2S/c1-14(2)19-20(30-18-9-16(22)8-17(23)10-18)27(12-26-19,13-29-21(28)24-3)11-15-4-6-25-7-5-15/h4-10,12,14H,11,13H2,1-3H3/p+1. The molecule has 1 atom stereocenters. The molecule has 1 aromatic heterocycles. The summed E-state index contributed by atoms with van der Waals surface area (Å²) < 4.78 is 33.1.